The second-order valence-corrected chi connectivity index (χ2v) is 5.33. The molecule has 102 valence electrons. The number of thiophene rings is 1. The summed E-state index contributed by atoms with van der Waals surface area (Å²) in [7, 11) is 0. The first-order valence-electron chi connectivity index (χ1n) is 5.90. The summed E-state index contributed by atoms with van der Waals surface area (Å²) in [6, 6.07) is 8.81. The summed E-state index contributed by atoms with van der Waals surface area (Å²) >= 11 is 7.47. The molecule has 0 fully saturated rings. The highest BCUT2D eigenvalue weighted by molar-refractivity contribution is 7.10. The molecular formula is C15H12ClNO2S. The third kappa shape index (κ3) is 3.84. The number of aliphatic hydroxyl groups excluding tert-OH is 1. The van der Waals surface area contributed by atoms with Gasteiger partial charge >= 0.3 is 0 Å². The molecule has 0 bridgehead atoms. The van der Waals surface area contributed by atoms with Crippen LogP contribution in [-0.4, -0.2) is 17.6 Å². The first kappa shape index (κ1) is 14.6. The number of nitrogens with one attached hydrogen (secondary N) is 1. The first-order chi connectivity index (χ1) is 9.70. The highest BCUT2D eigenvalue weighted by Gasteiger charge is 2.09. The lowest BCUT2D eigenvalue weighted by Crippen LogP contribution is -2.22. The fourth-order valence-corrected chi connectivity index (χ4v) is 2.57. The zero-order valence-electron chi connectivity index (χ0n) is 10.5. The summed E-state index contributed by atoms with van der Waals surface area (Å²) in [5.41, 5.74) is 1.30. The number of rotatable bonds is 3. The van der Waals surface area contributed by atoms with E-state index in [0.717, 1.165) is 10.4 Å². The fraction of sp³-hybridized carbons (Fsp3) is 0.133. The molecule has 0 aliphatic heterocycles. The maximum absolute atomic E-state index is 12.0. The summed E-state index contributed by atoms with van der Waals surface area (Å²) < 4.78 is 0. The van der Waals surface area contributed by atoms with Gasteiger partial charge in [0.15, 0.2) is 0 Å². The number of hydrogen-bond donors (Lipinski definition) is 2. The Morgan fingerprint density at radius 3 is 2.95 bits per heavy atom. The summed E-state index contributed by atoms with van der Waals surface area (Å²) in [6.45, 7) is 0.268. The van der Waals surface area contributed by atoms with Gasteiger partial charge in [-0.1, -0.05) is 35.6 Å². The van der Waals surface area contributed by atoms with E-state index in [-0.39, 0.29) is 12.5 Å². The smallest absolute Gasteiger partial charge is 0.253 e. The topological polar surface area (TPSA) is 49.3 Å². The Morgan fingerprint density at radius 2 is 2.20 bits per heavy atom. The van der Waals surface area contributed by atoms with E-state index in [1.54, 1.807) is 24.3 Å². The summed E-state index contributed by atoms with van der Waals surface area (Å²) in [4.78, 5) is 13.0. The number of halogens is 1. The Kier molecular flexibility index (Phi) is 5.19. The molecule has 0 atom stereocenters. The molecule has 1 aromatic heterocycles. The number of benzene rings is 1. The monoisotopic (exact) mass is 305 g/mol. The number of hydrogen-bond acceptors (Lipinski definition) is 3. The van der Waals surface area contributed by atoms with Gasteiger partial charge in [0.1, 0.15) is 6.61 Å². The predicted molar refractivity (Wildman–Crippen MR) is 80.9 cm³/mol. The molecule has 1 aromatic carbocycles. The van der Waals surface area contributed by atoms with E-state index in [1.165, 1.54) is 11.3 Å². The van der Waals surface area contributed by atoms with Crippen LogP contribution in [0.4, 0.5) is 0 Å². The highest BCUT2D eigenvalue weighted by atomic mass is 35.5. The SMILES string of the molecule is O=C(NCc1cc(C#CCO)cs1)c1ccccc1Cl. The van der Waals surface area contributed by atoms with E-state index < -0.39 is 0 Å². The summed E-state index contributed by atoms with van der Waals surface area (Å²) in [5, 5.41) is 13.8. The Labute approximate surface area is 126 Å². The standard InChI is InChI=1S/C15H12ClNO2S/c16-14-6-2-1-5-13(14)15(19)17-9-12-8-11(10-20-12)4-3-7-18/h1-2,5-6,8,10,18H,7,9H2,(H,17,19). The van der Waals surface area contributed by atoms with Crippen molar-refractivity contribution in [2.24, 2.45) is 0 Å². The van der Waals surface area contributed by atoms with Gasteiger partial charge in [0, 0.05) is 15.8 Å². The number of amides is 1. The minimum absolute atomic E-state index is 0.158. The van der Waals surface area contributed by atoms with Crippen LogP contribution in [0.2, 0.25) is 5.02 Å². The summed E-state index contributed by atoms with van der Waals surface area (Å²) in [6.07, 6.45) is 0. The lowest BCUT2D eigenvalue weighted by Gasteiger charge is -2.04. The van der Waals surface area contributed by atoms with Crippen LogP contribution in [0.1, 0.15) is 20.8 Å². The van der Waals surface area contributed by atoms with E-state index in [4.69, 9.17) is 16.7 Å². The van der Waals surface area contributed by atoms with Crippen molar-refractivity contribution in [1.82, 2.24) is 5.32 Å². The normalized spacial score (nSPS) is 9.70. The molecule has 20 heavy (non-hydrogen) atoms. The van der Waals surface area contributed by atoms with Gasteiger partial charge in [-0.25, -0.2) is 0 Å². The van der Waals surface area contributed by atoms with Crippen molar-refractivity contribution in [1.29, 1.82) is 0 Å². The zero-order chi connectivity index (χ0) is 14.4. The lowest BCUT2D eigenvalue weighted by atomic mass is 10.2. The van der Waals surface area contributed by atoms with Gasteiger partial charge in [-0.05, 0) is 18.2 Å². The highest BCUT2D eigenvalue weighted by Crippen LogP contribution is 2.16. The molecule has 2 rings (SSSR count). The van der Waals surface area contributed by atoms with Crippen molar-refractivity contribution in [3.05, 3.63) is 56.7 Å². The van der Waals surface area contributed by atoms with E-state index >= 15 is 0 Å². The zero-order valence-corrected chi connectivity index (χ0v) is 12.1. The molecular weight excluding hydrogens is 294 g/mol. The molecule has 2 N–H and O–H groups in total. The van der Waals surface area contributed by atoms with Crippen LogP contribution in [0.3, 0.4) is 0 Å². The van der Waals surface area contributed by atoms with Gasteiger partial charge in [0.25, 0.3) is 5.91 Å². The van der Waals surface area contributed by atoms with Crippen LogP contribution in [0.15, 0.2) is 35.7 Å². The molecule has 0 saturated heterocycles. The van der Waals surface area contributed by atoms with Crippen LogP contribution in [0.25, 0.3) is 0 Å². The van der Waals surface area contributed by atoms with Crippen molar-refractivity contribution in [3.63, 3.8) is 0 Å². The van der Waals surface area contributed by atoms with Crippen LogP contribution in [0, 0.1) is 11.8 Å². The van der Waals surface area contributed by atoms with Gasteiger partial charge in [-0.3, -0.25) is 4.79 Å². The van der Waals surface area contributed by atoms with Gasteiger partial charge < -0.3 is 10.4 Å². The van der Waals surface area contributed by atoms with Gasteiger partial charge in [-0.15, -0.1) is 11.3 Å². The molecule has 0 radical (unpaired) electrons. The van der Waals surface area contributed by atoms with Crippen LogP contribution >= 0.6 is 22.9 Å². The van der Waals surface area contributed by atoms with Crippen LogP contribution in [0.5, 0.6) is 0 Å². The van der Waals surface area contributed by atoms with E-state index in [0.29, 0.717) is 17.1 Å². The number of aliphatic hydroxyl groups is 1. The summed E-state index contributed by atoms with van der Waals surface area (Å²) in [5.74, 6) is 5.20. The predicted octanol–water partition coefficient (Wildman–Crippen LogP) is 2.68. The molecule has 0 unspecified atom stereocenters. The molecule has 5 heteroatoms. The molecule has 0 saturated carbocycles. The van der Waals surface area contributed by atoms with Crippen molar-refractivity contribution in [2.75, 3.05) is 6.61 Å². The lowest BCUT2D eigenvalue weighted by molar-refractivity contribution is 0.0951. The molecule has 0 aliphatic rings. The van der Waals surface area contributed by atoms with Gasteiger partial charge in [0.2, 0.25) is 0 Å². The van der Waals surface area contributed by atoms with Crippen molar-refractivity contribution >= 4 is 28.8 Å². The van der Waals surface area contributed by atoms with Crippen LogP contribution < -0.4 is 5.32 Å². The van der Waals surface area contributed by atoms with E-state index in [1.807, 2.05) is 11.4 Å². The minimum atomic E-state index is -0.202. The fourth-order valence-electron chi connectivity index (χ4n) is 1.59. The average Bonchev–Trinajstić information content (AvgIpc) is 2.91. The molecule has 2 aromatic rings. The Bertz CT molecular complexity index is 670. The first-order valence-corrected chi connectivity index (χ1v) is 7.16. The molecule has 1 heterocycles. The quantitative estimate of drug-likeness (QED) is 0.857. The average molecular weight is 306 g/mol. The molecule has 0 aliphatic carbocycles. The van der Waals surface area contributed by atoms with E-state index in [9.17, 15) is 4.79 Å². The Hall–Kier alpha value is -1.80. The van der Waals surface area contributed by atoms with Gasteiger partial charge in [-0.2, -0.15) is 0 Å². The molecule has 1 amide bonds. The number of carbonyl (C=O) groups excluding carboxylic acids is 1. The molecule has 3 nitrogen and oxygen atoms in total. The maximum atomic E-state index is 12.0. The maximum Gasteiger partial charge on any atom is 0.253 e. The second-order valence-electron chi connectivity index (χ2n) is 3.92. The van der Waals surface area contributed by atoms with Crippen molar-refractivity contribution < 1.29 is 9.90 Å². The Balaban J connectivity index is 1.97. The third-order valence-electron chi connectivity index (χ3n) is 2.51. The largest absolute Gasteiger partial charge is 0.384 e. The molecule has 0 spiro atoms. The number of carbonyl (C=O) groups is 1. The van der Waals surface area contributed by atoms with Crippen LogP contribution in [-0.2, 0) is 6.54 Å². The second kappa shape index (κ2) is 7.11. The third-order valence-corrected chi connectivity index (χ3v) is 3.77. The van der Waals surface area contributed by atoms with Crippen molar-refractivity contribution in [3.8, 4) is 11.8 Å². The Morgan fingerprint density at radius 1 is 1.40 bits per heavy atom. The van der Waals surface area contributed by atoms with Gasteiger partial charge in [0.05, 0.1) is 17.1 Å². The van der Waals surface area contributed by atoms with E-state index in [2.05, 4.69) is 17.2 Å². The minimum Gasteiger partial charge on any atom is -0.384 e. The van der Waals surface area contributed by atoms with Crippen molar-refractivity contribution in [2.45, 2.75) is 6.54 Å².